The van der Waals surface area contributed by atoms with E-state index in [2.05, 4.69) is 54.0 Å². The summed E-state index contributed by atoms with van der Waals surface area (Å²) < 4.78 is 0. The second-order valence-corrected chi connectivity index (χ2v) is 4.03. The van der Waals surface area contributed by atoms with Crippen LogP contribution in [0.1, 0.15) is 6.92 Å². The van der Waals surface area contributed by atoms with Crippen LogP contribution < -0.4 is 5.32 Å². The Morgan fingerprint density at radius 1 is 1.14 bits per heavy atom. The van der Waals surface area contributed by atoms with E-state index in [9.17, 15) is 0 Å². The number of rotatable bonds is 3. The van der Waals surface area contributed by atoms with Gasteiger partial charge in [-0.1, -0.05) is 18.2 Å². The summed E-state index contributed by atoms with van der Waals surface area (Å²) >= 11 is 1.77. The van der Waals surface area contributed by atoms with Crippen molar-refractivity contribution in [1.82, 2.24) is 0 Å². The molecular formula is C12H13NS. The minimum absolute atomic E-state index is 0.971. The van der Waals surface area contributed by atoms with Crippen LogP contribution in [0.5, 0.6) is 0 Å². The van der Waals surface area contributed by atoms with E-state index in [0.717, 1.165) is 6.54 Å². The predicted octanol–water partition coefficient (Wildman–Crippen LogP) is 3.85. The molecule has 1 nitrogen and oxygen atoms in total. The van der Waals surface area contributed by atoms with Gasteiger partial charge < -0.3 is 5.32 Å². The molecule has 2 heteroatoms. The van der Waals surface area contributed by atoms with Crippen LogP contribution in [0.25, 0.3) is 10.4 Å². The predicted molar refractivity (Wildman–Crippen MR) is 63.9 cm³/mol. The molecule has 72 valence electrons. The molecule has 0 saturated carbocycles. The van der Waals surface area contributed by atoms with Crippen LogP contribution in [0.2, 0.25) is 0 Å². The van der Waals surface area contributed by atoms with E-state index in [-0.39, 0.29) is 0 Å². The van der Waals surface area contributed by atoms with E-state index in [4.69, 9.17) is 0 Å². The van der Waals surface area contributed by atoms with Crippen LogP contribution in [0.4, 0.5) is 5.69 Å². The Balaban J connectivity index is 2.22. The fraction of sp³-hybridized carbons (Fsp3) is 0.167. The Bertz CT molecular complexity index is 375. The highest BCUT2D eigenvalue weighted by atomic mass is 32.1. The summed E-state index contributed by atoms with van der Waals surface area (Å²) in [6.07, 6.45) is 0. The topological polar surface area (TPSA) is 12.0 Å². The monoisotopic (exact) mass is 203 g/mol. The molecule has 0 bridgehead atoms. The van der Waals surface area contributed by atoms with Gasteiger partial charge in [-0.3, -0.25) is 0 Å². The quantitative estimate of drug-likeness (QED) is 0.799. The molecular weight excluding hydrogens is 190 g/mol. The van der Waals surface area contributed by atoms with E-state index < -0.39 is 0 Å². The lowest BCUT2D eigenvalue weighted by atomic mass is 10.2. The molecule has 0 unspecified atom stereocenters. The molecule has 0 spiro atoms. The number of hydrogen-bond acceptors (Lipinski definition) is 2. The lowest BCUT2D eigenvalue weighted by molar-refractivity contribution is 1.21. The minimum atomic E-state index is 0.971. The normalized spacial score (nSPS) is 10.1. The van der Waals surface area contributed by atoms with Crippen molar-refractivity contribution >= 4 is 17.0 Å². The largest absolute Gasteiger partial charge is 0.385 e. The van der Waals surface area contributed by atoms with Crippen molar-refractivity contribution < 1.29 is 0 Å². The molecule has 0 atom stereocenters. The first-order valence-electron chi connectivity index (χ1n) is 4.78. The average molecular weight is 203 g/mol. The van der Waals surface area contributed by atoms with E-state index in [1.807, 2.05) is 0 Å². The van der Waals surface area contributed by atoms with Crippen molar-refractivity contribution in [2.45, 2.75) is 6.92 Å². The van der Waals surface area contributed by atoms with Crippen LogP contribution >= 0.6 is 11.3 Å². The van der Waals surface area contributed by atoms with Gasteiger partial charge in [-0.15, -0.1) is 11.3 Å². The molecule has 2 aromatic rings. The van der Waals surface area contributed by atoms with E-state index >= 15 is 0 Å². The molecule has 0 aliphatic rings. The number of anilines is 1. The van der Waals surface area contributed by atoms with Gasteiger partial charge in [0.2, 0.25) is 0 Å². The lowest BCUT2D eigenvalue weighted by Gasteiger charge is -2.03. The highest BCUT2D eigenvalue weighted by Crippen LogP contribution is 2.25. The maximum absolute atomic E-state index is 3.28. The Hall–Kier alpha value is -1.28. The van der Waals surface area contributed by atoms with Crippen LogP contribution in [0.3, 0.4) is 0 Å². The fourth-order valence-corrected chi connectivity index (χ4v) is 2.13. The van der Waals surface area contributed by atoms with Crippen LogP contribution in [0, 0.1) is 0 Å². The van der Waals surface area contributed by atoms with Crippen LogP contribution in [-0.2, 0) is 0 Å². The summed E-state index contributed by atoms with van der Waals surface area (Å²) in [7, 11) is 0. The molecule has 0 amide bonds. The molecule has 1 N–H and O–H groups in total. The van der Waals surface area contributed by atoms with Crippen molar-refractivity contribution in [2.24, 2.45) is 0 Å². The van der Waals surface area contributed by atoms with Crippen molar-refractivity contribution in [3.8, 4) is 10.4 Å². The van der Waals surface area contributed by atoms with Gasteiger partial charge in [-0.2, -0.15) is 0 Å². The van der Waals surface area contributed by atoms with Gasteiger partial charge in [-0.05, 0) is 36.1 Å². The zero-order valence-electron chi connectivity index (χ0n) is 8.16. The van der Waals surface area contributed by atoms with Crippen LogP contribution in [0.15, 0.2) is 41.8 Å². The van der Waals surface area contributed by atoms with Crippen molar-refractivity contribution in [2.75, 3.05) is 11.9 Å². The summed E-state index contributed by atoms with van der Waals surface area (Å²) in [6, 6.07) is 12.8. The third kappa shape index (κ3) is 1.96. The Labute approximate surface area is 88.4 Å². The highest BCUT2D eigenvalue weighted by Gasteiger charge is 1.97. The summed E-state index contributed by atoms with van der Waals surface area (Å²) in [4.78, 5) is 1.33. The average Bonchev–Trinajstić information content (AvgIpc) is 2.72. The van der Waals surface area contributed by atoms with Gasteiger partial charge in [0.25, 0.3) is 0 Å². The van der Waals surface area contributed by atoms with Crippen molar-refractivity contribution in [3.63, 3.8) is 0 Å². The number of benzene rings is 1. The first kappa shape index (κ1) is 9.28. The van der Waals surface area contributed by atoms with Gasteiger partial charge in [0.1, 0.15) is 0 Å². The van der Waals surface area contributed by atoms with Gasteiger partial charge >= 0.3 is 0 Å². The third-order valence-electron chi connectivity index (χ3n) is 2.07. The summed E-state index contributed by atoms with van der Waals surface area (Å²) in [5.41, 5.74) is 2.48. The van der Waals surface area contributed by atoms with E-state index in [1.54, 1.807) is 11.3 Å². The first-order chi connectivity index (χ1) is 6.90. The van der Waals surface area contributed by atoms with Gasteiger partial charge in [0, 0.05) is 17.1 Å². The Morgan fingerprint density at radius 2 is 1.93 bits per heavy atom. The van der Waals surface area contributed by atoms with Crippen molar-refractivity contribution in [3.05, 3.63) is 41.8 Å². The zero-order chi connectivity index (χ0) is 9.80. The third-order valence-corrected chi connectivity index (χ3v) is 2.99. The van der Waals surface area contributed by atoms with Crippen LogP contribution in [-0.4, -0.2) is 6.54 Å². The van der Waals surface area contributed by atoms with Gasteiger partial charge in [-0.25, -0.2) is 0 Å². The SMILES string of the molecule is CCNc1ccc(-c2cccs2)cc1. The highest BCUT2D eigenvalue weighted by molar-refractivity contribution is 7.13. The number of nitrogens with one attached hydrogen (secondary N) is 1. The fourth-order valence-electron chi connectivity index (χ4n) is 1.40. The molecule has 0 fully saturated rings. The summed E-state index contributed by atoms with van der Waals surface area (Å²) in [6.45, 7) is 3.07. The van der Waals surface area contributed by atoms with E-state index in [1.165, 1.54) is 16.1 Å². The first-order valence-corrected chi connectivity index (χ1v) is 5.66. The van der Waals surface area contributed by atoms with Gasteiger partial charge in [0.05, 0.1) is 0 Å². The standard InChI is InChI=1S/C12H13NS/c1-2-13-11-7-5-10(6-8-11)12-4-3-9-14-12/h3-9,13H,2H2,1H3. The molecule has 1 aromatic carbocycles. The summed E-state index contributed by atoms with van der Waals surface area (Å²) in [5, 5.41) is 5.39. The van der Waals surface area contributed by atoms with E-state index in [0.29, 0.717) is 0 Å². The maximum atomic E-state index is 3.28. The minimum Gasteiger partial charge on any atom is -0.385 e. The summed E-state index contributed by atoms with van der Waals surface area (Å²) in [5.74, 6) is 0. The Kier molecular flexibility index (Phi) is 2.84. The Morgan fingerprint density at radius 3 is 2.50 bits per heavy atom. The molecule has 1 aromatic heterocycles. The number of thiophene rings is 1. The maximum Gasteiger partial charge on any atom is 0.0342 e. The second-order valence-electron chi connectivity index (χ2n) is 3.08. The lowest BCUT2D eigenvalue weighted by Crippen LogP contribution is -1.95. The molecule has 0 aliphatic heterocycles. The molecule has 0 saturated heterocycles. The molecule has 14 heavy (non-hydrogen) atoms. The zero-order valence-corrected chi connectivity index (χ0v) is 8.97. The molecule has 0 radical (unpaired) electrons. The van der Waals surface area contributed by atoms with Crippen molar-refractivity contribution in [1.29, 1.82) is 0 Å². The molecule has 0 aliphatic carbocycles. The van der Waals surface area contributed by atoms with Gasteiger partial charge in [0.15, 0.2) is 0 Å². The molecule has 2 rings (SSSR count). The molecule has 1 heterocycles. The second kappa shape index (κ2) is 4.29. The number of hydrogen-bond donors (Lipinski definition) is 1. The smallest absolute Gasteiger partial charge is 0.0342 e.